The highest BCUT2D eigenvalue weighted by Gasteiger charge is 2.76. The minimum atomic E-state index is -3.91. The van der Waals surface area contributed by atoms with Crippen molar-refractivity contribution in [2.45, 2.75) is 48.1 Å². The van der Waals surface area contributed by atoms with Crippen molar-refractivity contribution in [3.05, 3.63) is 75.8 Å². The summed E-state index contributed by atoms with van der Waals surface area (Å²) in [6.07, 6.45) is -2.30. The molecule has 0 bridgehead atoms. The number of hydrogen-bond acceptors (Lipinski definition) is 7. The molecule has 2 fully saturated rings. The molecule has 1 saturated heterocycles. The van der Waals surface area contributed by atoms with Crippen molar-refractivity contribution < 1.29 is 27.6 Å². The Morgan fingerprint density at radius 1 is 1.16 bits per heavy atom. The molecule has 2 aliphatic rings. The van der Waals surface area contributed by atoms with E-state index in [1.165, 1.54) is 7.11 Å². The van der Waals surface area contributed by atoms with Crippen LogP contribution >= 0.6 is 0 Å². The molecule has 2 aromatic rings. The van der Waals surface area contributed by atoms with Crippen LogP contribution in [0.1, 0.15) is 17.5 Å². The number of ether oxygens (including phenoxy) is 3. The summed E-state index contributed by atoms with van der Waals surface area (Å²) in [4.78, 5) is 11.2. The first-order valence-electron chi connectivity index (χ1n) is 10.1. The average Bonchev–Trinajstić information content (AvgIpc) is 3.50. The number of nitrogens with zero attached hydrogens (tertiary/aromatic N) is 1. The zero-order valence-corrected chi connectivity index (χ0v) is 18.2. The van der Waals surface area contributed by atoms with Crippen LogP contribution in [-0.2, 0) is 30.7 Å². The summed E-state index contributed by atoms with van der Waals surface area (Å²) in [5, 5.41) is 11.6. The van der Waals surface area contributed by atoms with Gasteiger partial charge in [-0.15, -0.1) is 0 Å². The predicted molar refractivity (Wildman–Crippen MR) is 112 cm³/mol. The maximum Gasteiger partial charge on any atom is 0.211 e. The molecule has 1 aliphatic heterocycles. The summed E-state index contributed by atoms with van der Waals surface area (Å²) >= 11 is 0. The van der Waals surface area contributed by atoms with E-state index in [0.717, 1.165) is 11.1 Å². The van der Waals surface area contributed by atoms with Crippen molar-refractivity contribution in [3.63, 3.8) is 0 Å². The minimum absolute atomic E-state index is 0.134. The molecule has 2 aromatic carbocycles. The fourth-order valence-corrected chi connectivity index (χ4v) is 6.79. The van der Waals surface area contributed by atoms with Crippen LogP contribution in [0.25, 0.3) is 0 Å². The summed E-state index contributed by atoms with van der Waals surface area (Å²) in [7, 11) is -2.48. The molecule has 0 unspecified atom stereocenters. The number of rotatable bonds is 8. The number of hydrogen-bond donors (Lipinski definition) is 0. The number of benzene rings is 2. The number of fused-ring (bicyclic) bond motifs is 1. The quantitative estimate of drug-likeness (QED) is 0.453. The van der Waals surface area contributed by atoms with Gasteiger partial charge in [0.25, 0.3) is 0 Å². The first-order valence-corrected chi connectivity index (χ1v) is 11.5. The summed E-state index contributed by atoms with van der Waals surface area (Å²) in [6.45, 7) is 1.48. The smallest absolute Gasteiger partial charge is 0.211 e. The second kappa shape index (κ2) is 8.31. The lowest BCUT2D eigenvalue weighted by Gasteiger charge is -2.39. The number of sulfone groups is 1. The van der Waals surface area contributed by atoms with E-state index in [9.17, 15) is 18.5 Å². The topological polar surface area (TPSA) is 105 Å². The van der Waals surface area contributed by atoms with Crippen molar-refractivity contribution in [2.75, 3.05) is 13.7 Å². The van der Waals surface area contributed by atoms with Crippen molar-refractivity contribution in [1.82, 2.24) is 0 Å². The first-order chi connectivity index (χ1) is 14.8. The van der Waals surface area contributed by atoms with Gasteiger partial charge in [-0.05, 0) is 31.0 Å². The fraction of sp³-hybridized carbons (Fsp3) is 0.455. The normalized spacial score (nSPS) is 29.9. The van der Waals surface area contributed by atoms with Crippen LogP contribution in [0.15, 0.2) is 59.5 Å². The van der Waals surface area contributed by atoms with Gasteiger partial charge in [-0.25, -0.2) is 8.42 Å². The Morgan fingerprint density at radius 3 is 2.45 bits per heavy atom. The Kier molecular flexibility index (Phi) is 5.87. The zero-order chi connectivity index (χ0) is 22.2. The summed E-state index contributed by atoms with van der Waals surface area (Å²) in [5.74, 6) is -0.916. The lowest BCUT2D eigenvalue weighted by atomic mass is 9.93. The fourth-order valence-electron chi connectivity index (χ4n) is 4.48. The van der Waals surface area contributed by atoms with Gasteiger partial charge in [-0.1, -0.05) is 48.0 Å². The molecule has 31 heavy (non-hydrogen) atoms. The summed E-state index contributed by atoms with van der Waals surface area (Å²) in [5.41, 5.74) is 1.79. The Bertz CT molecular complexity index is 1040. The van der Waals surface area contributed by atoms with E-state index in [4.69, 9.17) is 14.2 Å². The summed E-state index contributed by atoms with van der Waals surface area (Å²) < 4.78 is 43.3. The predicted octanol–water partition coefficient (Wildman–Crippen LogP) is 2.76. The molecule has 4 rings (SSSR count). The molecule has 0 radical (unpaired) electrons. The highest BCUT2D eigenvalue weighted by molar-refractivity contribution is 7.93. The molecule has 8 nitrogen and oxygen atoms in total. The van der Waals surface area contributed by atoms with Crippen LogP contribution in [0.2, 0.25) is 0 Å². The lowest BCUT2D eigenvalue weighted by molar-refractivity contribution is -0.494. The third-order valence-electron chi connectivity index (χ3n) is 6.18. The summed E-state index contributed by atoms with van der Waals surface area (Å²) in [6, 6.07) is 15.8. The molecule has 1 saturated carbocycles. The Labute approximate surface area is 181 Å². The van der Waals surface area contributed by atoms with Gasteiger partial charge in [-0.2, -0.15) is 0 Å². The molecule has 1 aliphatic carbocycles. The molecular weight excluding hydrogens is 422 g/mol. The Balaban J connectivity index is 1.70. The van der Waals surface area contributed by atoms with Crippen molar-refractivity contribution >= 4 is 9.84 Å². The number of aryl methyl sites for hydroxylation is 1. The van der Waals surface area contributed by atoms with E-state index < -0.39 is 50.5 Å². The SMILES string of the molecule is CO[C@H]1O[C@@H]2C[C@]2(S(=O)(=O)c2ccc(C)cc2)[C@H](C[N+](=O)[O-])[C@H]1OCc1ccccc1. The van der Waals surface area contributed by atoms with E-state index in [0.29, 0.717) is 0 Å². The van der Waals surface area contributed by atoms with Gasteiger partial charge in [0.2, 0.25) is 6.54 Å². The van der Waals surface area contributed by atoms with Gasteiger partial charge in [0, 0.05) is 12.0 Å². The van der Waals surface area contributed by atoms with Crippen LogP contribution in [0.5, 0.6) is 0 Å². The number of nitro groups is 1. The van der Waals surface area contributed by atoms with Gasteiger partial charge in [0.15, 0.2) is 16.1 Å². The molecule has 0 amide bonds. The largest absolute Gasteiger partial charge is 0.368 e. The van der Waals surface area contributed by atoms with E-state index >= 15 is 0 Å². The van der Waals surface area contributed by atoms with Crippen molar-refractivity contribution in [1.29, 1.82) is 0 Å². The van der Waals surface area contributed by atoms with Crippen molar-refractivity contribution in [3.8, 4) is 0 Å². The molecule has 9 heteroatoms. The van der Waals surface area contributed by atoms with Crippen LogP contribution in [0, 0.1) is 23.0 Å². The molecular formula is C22H25NO7S. The second-order valence-corrected chi connectivity index (χ2v) is 10.3. The van der Waals surface area contributed by atoms with Crippen LogP contribution in [0.4, 0.5) is 0 Å². The maximum absolute atomic E-state index is 13.7. The minimum Gasteiger partial charge on any atom is -0.368 e. The second-order valence-electron chi connectivity index (χ2n) is 8.09. The Morgan fingerprint density at radius 2 is 1.84 bits per heavy atom. The van der Waals surface area contributed by atoms with E-state index in [2.05, 4.69) is 0 Å². The van der Waals surface area contributed by atoms with Crippen LogP contribution in [-0.4, -0.2) is 50.2 Å². The molecule has 0 N–H and O–H groups in total. The van der Waals surface area contributed by atoms with E-state index in [1.54, 1.807) is 24.3 Å². The van der Waals surface area contributed by atoms with E-state index in [1.807, 2.05) is 37.3 Å². The highest BCUT2D eigenvalue weighted by atomic mass is 32.2. The third kappa shape index (κ3) is 3.87. The molecule has 5 atom stereocenters. The Hall–Kier alpha value is -2.33. The highest BCUT2D eigenvalue weighted by Crippen LogP contribution is 2.59. The average molecular weight is 448 g/mol. The van der Waals surface area contributed by atoms with Crippen molar-refractivity contribution in [2.24, 2.45) is 5.92 Å². The molecule has 0 aromatic heterocycles. The monoisotopic (exact) mass is 447 g/mol. The van der Waals surface area contributed by atoms with Gasteiger partial charge in [0.05, 0.1) is 23.5 Å². The molecule has 0 spiro atoms. The zero-order valence-electron chi connectivity index (χ0n) is 17.3. The third-order valence-corrected chi connectivity index (χ3v) is 8.80. The van der Waals surface area contributed by atoms with Gasteiger partial charge < -0.3 is 14.2 Å². The van der Waals surface area contributed by atoms with Gasteiger partial charge in [0.1, 0.15) is 10.9 Å². The standard InChI is InChI=1S/C22H25NO7S/c1-15-8-10-17(11-9-15)31(26,27)22-12-19(22)30-21(28-2)20(18(22)13-23(24)25)29-14-16-6-4-3-5-7-16/h3-11,18-21H,12-14H2,1-2H3/t18-,19-,20-,21+,22+/m1/s1. The molecule has 1 heterocycles. The van der Waals surface area contributed by atoms with Gasteiger partial charge >= 0.3 is 0 Å². The first kappa shape index (κ1) is 21.9. The van der Waals surface area contributed by atoms with E-state index in [-0.39, 0.29) is 17.9 Å². The number of methoxy groups -OCH3 is 1. The van der Waals surface area contributed by atoms with Gasteiger partial charge in [-0.3, -0.25) is 10.1 Å². The lowest BCUT2D eigenvalue weighted by Crippen LogP contribution is -2.56. The van der Waals surface area contributed by atoms with Crippen LogP contribution in [0.3, 0.4) is 0 Å². The molecule has 166 valence electrons. The van der Waals surface area contributed by atoms with Crippen LogP contribution < -0.4 is 0 Å². The maximum atomic E-state index is 13.7.